The molecule has 25 heavy (non-hydrogen) atoms. The molecule has 1 heterocycles. The van der Waals surface area contributed by atoms with Crippen LogP contribution in [0.1, 0.15) is 21.5 Å². The SMILES string of the molecule is COC(=O)c1cccc(Cn2cnc3ccc(C(F)(F)F)cc32)c1F. The zero-order valence-electron chi connectivity index (χ0n) is 13.0. The Hall–Kier alpha value is -2.90. The summed E-state index contributed by atoms with van der Waals surface area (Å²) in [5.41, 5.74) is -0.333. The summed E-state index contributed by atoms with van der Waals surface area (Å²) in [6.45, 7) is -0.0749. The molecular formula is C17H12F4N2O2. The molecule has 0 N–H and O–H groups in total. The molecular weight excluding hydrogens is 340 g/mol. The number of rotatable bonds is 3. The van der Waals surface area contributed by atoms with Gasteiger partial charge in [0, 0.05) is 5.56 Å². The molecule has 3 aromatic rings. The number of alkyl halides is 3. The van der Waals surface area contributed by atoms with Gasteiger partial charge in [-0.25, -0.2) is 14.2 Å². The Balaban J connectivity index is 2.03. The highest BCUT2D eigenvalue weighted by Gasteiger charge is 2.31. The predicted octanol–water partition coefficient (Wildman–Crippen LogP) is 4.03. The first kappa shape index (κ1) is 16.9. The van der Waals surface area contributed by atoms with Crippen molar-refractivity contribution < 1.29 is 27.1 Å². The second kappa shape index (κ2) is 6.19. The number of carbonyl (C=O) groups excluding carboxylic acids is 1. The van der Waals surface area contributed by atoms with E-state index in [9.17, 15) is 22.4 Å². The van der Waals surface area contributed by atoms with Gasteiger partial charge in [-0.15, -0.1) is 0 Å². The number of nitrogens with zero attached hydrogens (tertiary/aromatic N) is 2. The van der Waals surface area contributed by atoms with Gasteiger partial charge in [-0.1, -0.05) is 12.1 Å². The number of imidazole rings is 1. The Kier molecular flexibility index (Phi) is 4.20. The fraction of sp³-hybridized carbons (Fsp3) is 0.176. The van der Waals surface area contributed by atoms with Gasteiger partial charge in [-0.05, 0) is 24.3 Å². The van der Waals surface area contributed by atoms with Crippen molar-refractivity contribution in [2.75, 3.05) is 7.11 Å². The van der Waals surface area contributed by atoms with Crippen molar-refractivity contribution >= 4 is 17.0 Å². The molecule has 0 unspecified atom stereocenters. The summed E-state index contributed by atoms with van der Waals surface area (Å²) in [7, 11) is 1.14. The molecule has 0 atom stereocenters. The van der Waals surface area contributed by atoms with Crippen LogP contribution < -0.4 is 0 Å². The first-order valence-corrected chi connectivity index (χ1v) is 7.19. The summed E-state index contributed by atoms with van der Waals surface area (Å²) in [6.07, 6.45) is -3.16. The van der Waals surface area contributed by atoms with Crippen molar-refractivity contribution in [1.29, 1.82) is 0 Å². The first-order valence-electron chi connectivity index (χ1n) is 7.19. The lowest BCUT2D eigenvalue weighted by molar-refractivity contribution is -0.137. The molecule has 0 bridgehead atoms. The maximum Gasteiger partial charge on any atom is 0.416 e. The number of fused-ring (bicyclic) bond motifs is 1. The molecule has 0 aliphatic heterocycles. The van der Waals surface area contributed by atoms with Gasteiger partial charge < -0.3 is 9.30 Å². The van der Waals surface area contributed by atoms with Crippen LogP contribution in [0.5, 0.6) is 0 Å². The number of benzene rings is 2. The number of hydrogen-bond donors (Lipinski definition) is 0. The molecule has 4 nitrogen and oxygen atoms in total. The van der Waals surface area contributed by atoms with Crippen LogP contribution in [0.4, 0.5) is 17.6 Å². The van der Waals surface area contributed by atoms with Crippen molar-refractivity contribution in [3.8, 4) is 0 Å². The number of esters is 1. The van der Waals surface area contributed by atoms with E-state index in [-0.39, 0.29) is 23.2 Å². The van der Waals surface area contributed by atoms with Gasteiger partial charge in [0.05, 0.1) is 42.1 Å². The van der Waals surface area contributed by atoms with Crippen molar-refractivity contribution in [3.63, 3.8) is 0 Å². The van der Waals surface area contributed by atoms with E-state index in [0.29, 0.717) is 5.52 Å². The molecule has 2 aromatic carbocycles. The van der Waals surface area contributed by atoms with Crippen LogP contribution in [-0.4, -0.2) is 22.6 Å². The van der Waals surface area contributed by atoms with Crippen LogP contribution in [0, 0.1) is 5.82 Å². The van der Waals surface area contributed by atoms with Crippen molar-refractivity contribution in [1.82, 2.24) is 9.55 Å². The smallest absolute Gasteiger partial charge is 0.416 e. The average molecular weight is 352 g/mol. The van der Waals surface area contributed by atoms with Crippen LogP contribution in [0.15, 0.2) is 42.7 Å². The van der Waals surface area contributed by atoms with Crippen molar-refractivity contribution in [2.45, 2.75) is 12.7 Å². The summed E-state index contributed by atoms with van der Waals surface area (Å²) in [6, 6.07) is 7.36. The highest BCUT2D eigenvalue weighted by atomic mass is 19.4. The lowest BCUT2D eigenvalue weighted by Crippen LogP contribution is -2.09. The van der Waals surface area contributed by atoms with E-state index in [1.54, 1.807) is 0 Å². The summed E-state index contributed by atoms with van der Waals surface area (Å²) in [4.78, 5) is 15.6. The normalized spacial score (nSPS) is 11.7. The summed E-state index contributed by atoms with van der Waals surface area (Å²) < 4.78 is 59.0. The molecule has 0 saturated carbocycles. The van der Waals surface area contributed by atoms with E-state index in [2.05, 4.69) is 9.72 Å². The number of halogens is 4. The Bertz CT molecular complexity index is 947. The molecule has 0 saturated heterocycles. The number of aromatic nitrogens is 2. The fourth-order valence-corrected chi connectivity index (χ4v) is 2.51. The standard InChI is InChI=1S/C17H12F4N2O2/c1-25-16(24)12-4-2-3-10(15(12)18)8-23-9-22-13-6-5-11(7-14(13)23)17(19,20)21/h2-7,9H,8H2,1H3. The maximum atomic E-state index is 14.5. The zero-order chi connectivity index (χ0) is 18.2. The van der Waals surface area contributed by atoms with Gasteiger partial charge >= 0.3 is 12.1 Å². The van der Waals surface area contributed by atoms with Crippen molar-refractivity contribution in [3.05, 3.63) is 65.2 Å². The van der Waals surface area contributed by atoms with Crippen LogP contribution in [0.3, 0.4) is 0 Å². The van der Waals surface area contributed by atoms with E-state index in [4.69, 9.17) is 0 Å². The van der Waals surface area contributed by atoms with Gasteiger partial charge in [-0.2, -0.15) is 13.2 Å². The minimum Gasteiger partial charge on any atom is -0.465 e. The molecule has 1 aromatic heterocycles. The van der Waals surface area contributed by atoms with Gasteiger partial charge in [0.15, 0.2) is 0 Å². The van der Waals surface area contributed by atoms with Crippen LogP contribution in [-0.2, 0) is 17.5 Å². The maximum absolute atomic E-state index is 14.5. The number of hydrogen-bond acceptors (Lipinski definition) is 3. The molecule has 0 amide bonds. The third kappa shape index (κ3) is 3.19. The van der Waals surface area contributed by atoms with Crippen LogP contribution in [0.25, 0.3) is 11.0 Å². The molecule has 0 spiro atoms. The molecule has 0 fully saturated rings. The molecule has 0 aliphatic rings. The lowest BCUT2D eigenvalue weighted by Gasteiger charge is -2.10. The molecule has 0 aliphatic carbocycles. The summed E-state index contributed by atoms with van der Waals surface area (Å²) >= 11 is 0. The summed E-state index contributed by atoms with van der Waals surface area (Å²) in [5.74, 6) is -1.60. The van der Waals surface area contributed by atoms with Crippen molar-refractivity contribution in [2.24, 2.45) is 0 Å². The van der Waals surface area contributed by atoms with E-state index >= 15 is 0 Å². The monoisotopic (exact) mass is 352 g/mol. The Morgan fingerprint density at radius 1 is 1.24 bits per heavy atom. The summed E-state index contributed by atoms with van der Waals surface area (Å²) in [5, 5.41) is 0. The predicted molar refractivity (Wildman–Crippen MR) is 81.6 cm³/mol. The lowest BCUT2D eigenvalue weighted by atomic mass is 10.1. The first-order chi connectivity index (χ1) is 11.8. The Morgan fingerprint density at radius 3 is 2.68 bits per heavy atom. The average Bonchev–Trinajstić information content (AvgIpc) is 2.97. The Morgan fingerprint density at radius 2 is 2.00 bits per heavy atom. The second-order valence-corrected chi connectivity index (χ2v) is 5.34. The number of carbonyl (C=O) groups is 1. The minimum atomic E-state index is -4.49. The van der Waals surface area contributed by atoms with E-state index in [1.165, 1.54) is 35.2 Å². The topological polar surface area (TPSA) is 44.1 Å². The highest BCUT2D eigenvalue weighted by molar-refractivity contribution is 5.89. The molecule has 8 heteroatoms. The molecule has 3 rings (SSSR count). The van der Waals surface area contributed by atoms with Gasteiger partial charge in [0.1, 0.15) is 5.82 Å². The number of methoxy groups -OCH3 is 1. The van der Waals surface area contributed by atoms with Gasteiger partial charge in [0.25, 0.3) is 0 Å². The Labute approximate surface area is 139 Å². The van der Waals surface area contributed by atoms with Crippen LogP contribution >= 0.6 is 0 Å². The third-order valence-corrected chi connectivity index (χ3v) is 3.77. The van der Waals surface area contributed by atoms with E-state index in [0.717, 1.165) is 19.2 Å². The zero-order valence-corrected chi connectivity index (χ0v) is 13.0. The van der Waals surface area contributed by atoms with E-state index in [1.807, 2.05) is 0 Å². The highest BCUT2D eigenvalue weighted by Crippen LogP contribution is 2.31. The largest absolute Gasteiger partial charge is 0.465 e. The fourth-order valence-electron chi connectivity index (χ4n) is 2.51. The second-order valence-electron chi connectivity index (χ2n) is 5.34. The quantitative estimate of drug-likeness (QED) is 0.528. The molecule has 130 valence electrons. The van der Waals surface area contributed by atoms with Crippen LogP contribution in [0.2, 0.25) is 0 Å². The minimum absolute atomic E-state index is 0.0749. The number of ether oxygens (including phenoxy) is 1. The molecule has 0 radical (unpaired) electrons. The van der Waals surface area contributed by atoms with E-state index < -0.39 is 23.5 Å². The van der Waals surface area contributed by atoms with Gasteiger partial charge in [-0.3, -0.25) is 0 Å². The third-order valence-electron chi connectivity index (χ3n) is 3.77. The van der Waals surface area contributed by atoms with Gasteiger partial charge in [0.2, 0.25) is 0 Å².